The van der Waals surface area contributed by atoms with Crippen molar-refractivity contribution >= 4 is 39.2 Å². The number of aryl methyl sites for hydroxylation is 1. The van der Waals surface area contributed by atoms with Gasteiger partial charge in [0.15, 0.2) is 11.5 Å². The highest BCUT2D eigenvalue weighted by atomic mass is 79.9. The van der Waals surface area contributed by atoms with Crippen LogP contribution in [-0.4, -0.2) is 6.61 Å². The molecule has 0 saturated heterocycles. The van der Waals surface area contributed by atoms with Gasteiger partial charge in [-0.25, -0.2) is 0 Å². The maximum Gasteiger partial charge on any atom is 0.175 e. The highest BCUT2D eigenvalue weighted by molar-refractivity contribution is 9.10. The third kappa shape index (κ3) is 5.66. The molecule has 0 atom stereocenters. The Kier molecular flexibility index (Phi) is 7.57. The van der Waals surface area contributed by atoms with Gasteiger partial charge in [-0.1, -0.05) is 53.6 Å². The normalized spacial score (nSPS) is 11.1. The Morgan fingerprint density at radius 1 is 1.07 bits per heavy atom. The highest BCUT2D eigenvalue weighted by Crippen LogP contribution is 2.38. The van der Waals surface area contributed by atoms with Crippen LogP contribution in [0.1, 0.15) is 29.2 Å². The van der Waals surface area contributed by atoms with Crippen LogP contribution in [0.3, 0.4) is 0 Å². The number of rotatable bonds is 7. The van der Waals surface area contributed by atoms with E-state index in [1.807, 2.05) is 80.6 Å². The van der Waals surface area contributed by atoms with Crippen molar-refractivity contribution in [3.05, 3.63) is 92.4 Å². The lowest BCUT2D eigenvalue weighted by Gasteiger charge is -2.15. The maximum absolute atomic E-state index is 9.64. The molecule has 5 heteroatoms. The minimum Gasteiger partial charge on any atom is -0.490 e. The molecule has 30 heavy (non-hydrogen) atoms. The summed E-state index contributed by atoms with van der Waals surface area (Å²) in [5.74, 6) is 1.24. The molecule has 0 amide bonds. The molecule has 0 spiro atoms. The monoisotopic (exact) mass is 481 g/mol. The minimum absolute atomic E-state index is 0.387. The van der Waals surface area contributed by atoms with Gasteiger partial charge >= 0.3 is 0 Å². The zero-order chi connectivity index (χ0) is 21.5. The van der Waals surface area contributed by atoms with E-state index in [4.69, 9.17) is 21.1 Å². The highest BCUT2D eigenvalue weighted by Gasteiger charge is 2.13. The van der Waals surface area contributed by atoms with Crippen molar-refractivity contribution < 1.29 is 9.47 Å². The Morgan fingerprint density at radius 3 is 2.40 bits per heavy atom. The Bertz CT molecular complexity index is 1080. The molecule has 3 nitrogen and oxygen atoms in total. The lowest BCUT2D eigenvalue weighted by atomic mass is 10.0. The summed E-state index contributed by atoms with van der Waals surface area (Å²) in [7, 11) is 0. The molecule has 0 aliphatic rings. The lowest BCUT2D eigenvalue weighted by Crippen LogP contribution is -2.01. The van der Waals surface area contributed by atoms with Crippen molar-refractivity contribution in [1.29, 1.82) is 5.26 Å². The van der Waals surface area contributed by atoms with Crippen LogP contribution in [0.15, 0.2) is 65.1 Å². The molecule has 3 aromatic carbocycles. The number of nitrogens with zero attached hydrogens (tertiary/aromatic N) is 1. The lowest BCUT2D eigenvalue weighted by molar-refractivity contribution is 0.267. The quantitative estimate of drug-likeness (QED) is 0.259. The molecule has 0 fully saturated rings. The van der Waals surface area contributed by atoms with E-state index in [-0.39, 0.29) is 0 Å². The maximum atomic E-state index is 9.64. The van der Waals surface area contributed by atoms with E-state index in [0.29, 0.717) is 35.3 Å². The molecule has 152 valence electrons. The van der Waals surface area contributed by atoms with Crippen molar-refractivity contribution in [1.82, 2.24) is 0 Å². The molecule has 0 aromatic heterocycles. The first-order valence-corrected chi connectivity index (χ1v) is 10.7. The van der Waals surface area contributed by atoms with Gasteiger partial charge in [-0.2, -0.15) is 5.26 Å². The third-order valence-electron chi connectivity index (χ3n) is 4.42. The third-order valence-corrected chi connectivity index (χ3v) is 5.26. The SMILES string of the molecule is CCOc1cc(C=C(C#N)c2ccc(C)cc2)cc(Br)c1OCc1ccc(Cl)cc1. The fraction of sp³-hybridized carbons (Fsp3) is 0.160. The standard InChI is InChI=1S/C25H21BrClNO2/c1-3-29-24-14-19(12-21(15-28)20-8-4-17(2)5-9-20)13-23(26)25(24)30-16-18-6-10-22(27)11-7-18/h4-14H,3,16H2,1-2H3. The summed E-state index contributed by atoms with van der Waals surface area (Å²) in [5, 5.41) is 10.3. The molecular weight excluding hydrogens is 462 g/mol. The first-order chi connectivity index (χ1) is 14.5. The zero-order valence-electron chi connectivity index (χ0n) is 16.8. The Hall–Kier alpha value is -2.74. The molecule has 0 N–H and O–H groups in total. The first-order valence-electron chi connectivity index (χ1n) is 9.52. The number of halogens is 2. The number of benzene rings is 3. The van der Waals surface area contributed by atoms with Crippen LogP contribution in [0.2, 0.25) is 5.02 Å². The second kappa shape index (κ2) is 10.3. The van der Waals surface area contributed by atoms with Gasteiger partial charge in [0.05, 0.1) is 22.7 Å². The van der Waals surface area contributed by atoms with Crippen LogP contribution in [0.5, 0.6) is 11.5 Å². The van der Waals surface area contributed by atoms with Crippen LogP contribution in [0.25, 0.3) is 11.6 Å². The van der Waals surface area contributed by atoms with Gasteiger partial charge in [-0.15, -0.1) is 0 Å². The fourth-order valence-corrected chi connectivity index (χ4v) is 3.59. The zero-order valence-corrected chi connectivity index (χ0v) is 19.1. The van der Waals surface area contributed by atoms with Crippen LogP contribution in [-0.2, 0) is 6.61 Å². The van der Waals surface area contributed by atoms with Crippen LogP contribution in [0.4, 0.5) is 0 Å². The van der Waals surface area contributed by atoms with E-state index in [1.54, 1.807) is 0 Å². The van der Waals surface area contributed by atoms with E-state index >= 15 is 0 Å². The molecular formula is C25H21BrClNO2. The Morgan fingerprint density at radius 2 is 1.77 bits per heavy atom. The van der Waals surface area contributed by atoms with Gasteiger partial charge in [0.2, 0.25) is 0 Å². The van der Waals surface area contributed by atoms with Gasteiger partial charge in [0.25, 0.3) is 0 Å². The number of hydrogen-bond donors (Lipinski definition) is 0. The molecule has 3 rings (SSSR count). The Labute approximate surface area is 190 Å². The van der Waals surface area contributed by atoms with Gasteiger partial charge in [-0.05, 0) is 76.8 Å². The van der Waals surface area contributed by atoms with E-state index in [0.717, 1.165) is 26.7 Å². The van der Waals surface area contributed by atoms with Gasteiger partial charge in [-0.3, -0.25) is 0 Å². The Balaban J connectivity index is 1.90. The van der Waals surface area contributed by atoms with Crippen LogP contribution >= 0.6 is 27.5 Å². The van der Waals surface area contributed by atoms with Crippen LogP contribution < -0.4 is 9.47 Å². The van der Waals surface area contributed by atoms with Crippen molar-refractivity contribution in [2.75, 3.05) is 6.61 Å². The van der Waals surface area contributed by atoms with Crippen molar-refractivity contribution in [2.24, 2.45) is 0 Å². The summed E-state index contributed by atoms with van der Waals surface area (Å²) < 4.78 is 12.6. The smallest absolute Gasteiger partial charge is 0.175 e. The van der Waals surface area contributed by atoms with E-state index in [9.17, 15) is 5.26 Å². The number of nitriles is 1. The molecule has 0 radical (unpaired) electrons. The van der Waals surface area contributed by atoms with E-state index in [1.165, 1.54) is 0 Å². The number of ether oxygens (including phenoxy) is 2. The van der Waals surface area contributed by atoms with Gasteiger partial charge in [0, 0.05) is 5.02 Å². The summed E-state index contributed by atoms with van der Waals surface area (Å²) in [6.07, 6.45) is 1.85. The predicted molar refractivity (Wildman–Crippen MR) is 126 cm³/mol. The van der Waals surface area contributed by atoms with E-state index < -0.39 is 0 Å². The summed E-state index contributed by atoms with van der Waals surface area (Å²) >= 11 is 9.54. The van der Waals surface area contributed by atoms with E-state index in [2.05, 4.69) is 22.0 Å². The van der Waals surface area contributed by atoms with Crippen molar-refractivity contribution in [2.45, 2.75) is 20.5 Å². The topological polar surface area (TPSA) is 42.2 Å². The summed E-state index contributed by atoms with van der Waals surface area (Å²) in [5.41, 5.74) is 4.46. The molecule has 0 bridgehead atoms. The molecule has 0 unspecified atom stereocenters. The second-order valence-electron chi connectivity index (χ2n) is 6.71. The molecule has 0 aliphatic heterocycles. The number of allylic oxidation sites excluding steroid dienone is 1. The first kappa shape index (κ1) is 22.0. The van der Waals surface area contributed by atoms with Gasteiger partial charge < -0.3 is 9.47 Å². The molecule has 0 aliphatic carbocycles. The fourth-order valence-electron chi connectivity index (χ4n) is 2.89. The minimum atomic E-state index is 0.387. The van der Waals surface area contributed by atoms with Crippen molar-refractivity contribution in [3.8, 4) is 17.6 Å². The van der Waals surface area contributed by atoms with Gasteiger partial charge in [0.1, 0.15) is 6.61 Å². The van der Waals surface area contributed by atoms with Crippen LogP contribution in [0, 0.1) is 18.3 Å². The average molecular weight is 483 g/mol. The molecule has 0 saturated carbocycles. The molecule has 3 aromatic rings. The largest absolute Gasteiger partial charge is 0.490 e. The average Bonchev–Trinajstić information content (AvgIpc) is 2.73. The summed E-state index contributed by atoms with van der Waals surface area (Å²) in [4.78, 5) is 0. The predicted octanol–water partition coefficient (Wildman–Crippen LogP) is 7.45. The number of hydrogen-bond acceptors (Lipinski definition) is 3. The molecule has 0 heterocycles. The summed E-state index contributed by atoms with van der Waals surface area (Å²) in [6, 6.07) is 21.5. The summed E-state index contributed by atoms with van der Waals surface area (Å²) in [6.45, 7) is 4.83. The van der Waals surface area contributed by atoms with Crippen molar-refractivity contribution in [3.63, 3.8) is 0 Å². The second-order valence-corrected chi connectivity index (χ2v) is 8.00.